The van der Waals surface area contributed by atoms with Crippen LogP contribution in [0.15, 0.2) is 60.7 Å². The first-order chi connectivity index (χ1) is 11.7. The molecule has 0 bridgehead atoms. The summed E-state index contributed by atoms with van der Waals surface area (Å²) in [4.78, 5) is 9.00. The summed E-state index contributed by atoms with van der Waals surface area (Å²) in [6.45, 7) is 3.20. The summed E-state index contributed by atoms with van der Waals surface area (Å²) in [6, 6.07) is 21.0. The fraction of sp³-hybridized carbons (Fsp3) is 0.350. The minimum absolute atomic E-state index is 0.0421. The molecule has 0 unspecified atom stereocenters. The van der Waals surface area contributed by atoms with Crippen molar-refractivity contribution in [2.45, 2.75) is 32.0 Å². The van der Waals surface area contributed by atoms with Gasteiger partial charge in [-0.05, 0) is 37.1 Å². The lowest BCUT2D eigenvalue weighted by Crippen LogP contribution is -2.33. The summed E-state index contributed by atoms with van der Waals surface area (Å²) < 4.78 is 6.42. The van der Waals surface area contributed by atoms with Crippen molar-refractivity contribution in [2.24, 2.45) is 0 Å². The van der Waals surface area contributed by atoms with E-state index in [0.29, 0.717) is 6.10 Å². The molecule has 0 radical (unpaired) electrons. The molecule has 0 atom stereocenters. The lowest BCUT2D eigenvalue weighted by molar-refractivity contribution is -0.134. The standard InChI is InChI=1S/C18H21NO.C2H4O2/c1-3-7-15(8-4-1)18(16-9-5-2-6-10-16)20-17-11-13-19-14-12-17;1-2(3)4/h1-10,17-19H,11-14H2;1H3,(H,3,4). The van der Waals surface area contributed by atoms with E-state index in [4.69, 9.17) is 14.6 Å². The predicted molar refractivity (Wildman–Crippen MR) is 95.0 cm³/mol. The maximum Gasteiger partial charge on any atom is 0.300 e. The molecule has 0 saturated carbocycles. The second-order valence-corrected chi connectivity index (χ2v) is 5.81. The van der Waals surface area contributed by atoms with Crippen LogP contribution in [0.5, 0.6) is 0 Å². The zero-order valence-corrected chi connectivity index (χ0v) is 14.0. The van der Waals surface area contributed by atoms with E-state index in [0.717, 1.165) is 32.9 Å². The molecule has 1 aliphatic heterocycles. The minimum atomic E-state index is -0.833. The van der Waals surface area contributed by atoms with Gasteiger partial charge in [0.25, 0.3) is 5.97 Å². The Bertz CT molecular complexity index is 551. The Balaban J connectivity index is 0.000000471. The van der Waals surface area contributed by atoms with Crippen molar-refractivity contribution in [3.05, 3.63) is 71.8 Å². The molecule has 1 aliphatic rings. The largest absolute Gasteiger partial charge is 0.481 e. The molecule has 2 N–H and O–H groups in total. The molecule has 2 aromatic carbocycles. The zero-order chi connectivity index (χ0) is 17.2. The van der Waals surface area contributed by atoms with Gasteiger partial charge >= 0.3 is 0 Å². The Hall–Kier alpha value is -2.17. The summed E-state index contributed by atoms with van der Waals surface area (Å²) in [7, 11) is 0. The lowest BCUT2D eigenvalue weighted by atomic mass is 10.0. The van der Waals surface area contributed by atoms with Gasteiger partial charge in [0.15, 0.2) is 0 Å². The van der Waals surface area contributed by atoms with Crippen LogP contribution in [0.3, 0.4) is 0 Å². The smallest absolute Gasteiger partial charge is 0.300 e. The predicted octanol–water partition coefficient (Wildman–Crippen LogP) is 3.64. The van der Waals surface area contributed by atoms with Crippen LogP contribution in [0, 0.1) is 0 Å². The van der Waals surface area contributed by atoms with E-state index in [1.165, 1.54) is 11.1 Å². The number of aliphatic carboxylic acids is 1. The molecule has 128 valence electrons. The number of hydrogen-bond acceptors (Lipinski definition) is 3. The molecule has 24 heavy (non-hydrogen) atoms. The van der Waals surface area contributed by atoms with Crippen LogP contribution in [0.1, 0.15) is 37.0 Å². The highest BCUT2D eigenvalue weighted by molar-refractivity contribution is 5.62. The molecule has 1 saturated heterocycles. The number of piperidine rings is 1. The molecule has 1 fully saturated rings. The maximum absolute atomic E-state index is 9.00. The van der Waals surface area contributed by atoms with Gasteiger partial charge in [0.1, 0.15) is 6.10 Å². The molecule has 0 aliphatic carbocycles. The molecule has 4 heteroatoms. The molecule has 0 aromatic heterocycles. The number of carbonyl (C=O) groups is 1. The fourth-order valence-corrected chi connectivity index (χ4v) is 2.73. The number of benzene rings is 2. The van der Waals surface area contributed by atoms with Crippen LogP contribution in [-0.2, 0) is 9.53 Å². The monoisotopic (exact) mass is 327 g/mol. The molecule has 3 rings (SSSR count). The third kappa shape index (κ3) is 6.14. The Morgan fingerprint density at radius 3 is 1.83 bits per heavy atom. The van der Waals surface area contributed by atoms with Crippen molar-refractivity contribution < 1.29 is 14.6 Å². The average molecular weight is 327 g/mol. The summed E-state index contributed by atoms with van der Waals surface area (Å²) in [5.74, 6) is -0.833. The average Bonchev–Trinajstić information content (AvgIpc) is 2.62. The number of rotatable bonds is 4. The van der Waals surface area contributed by atoms with Gasteiger partial charge in [-0.25, -0.2) is 0 Å². The summed E-state index contributed by atoms with van der Waals surface area (Å²) >= 11 is 0. The second-order valence-electron chi connectivity index (χ2n) is 5.81. The zero-order valence-electron chi connectivity index (χ0n) is 14.0. The van der Waals surface area contributed by atoms with Crippen LogP contribution in [-0.4, -0.2) is 30.3 Å². The van der Waals surface area contributed by atoms with E-state index in [-0.39, 0.29) is 6.10 Å². The van der Waals surface area contributed by atoms with E-state index in [1.807, 2.05) is 0 Å². The van der Waals surface area contributed by atoms with E-state index >= 15 is 0 Å². The van der Waals surface area contributed by atoms with Gasteiger partial charge in [-0.1, -0.05) is 60.7 Å². The van der Waals surface area contributed by atoms with Crippen LogP contribution in [0.4, 0.5) is 0 Å². The summed E-state index contributed by atoms with van der Waals surface area (Å²) in [5.41, 5.74) is 2.47. The summed E-state index contributed by atoms with van der Waals surface area (Å²) in [5, 5.41) is 10.8. The third-order valence-electron chi connectivity index (χ3n) is 3.82. The van der Waals surface area contributed by atoms with Crippen molar-refractivity contribution in [3.63, 3.8) is 0 Å². The van der Waals surface area contributed by atoms with Gasteiger partial charge in [0.2, 0.25) is 0 Å². The minimum Gasteiger partial charge on any atom is -0.481 e. The number of carboxylic acid groups (broad SMARTS) is 1. The number of carboxylic acids is 1. The SMILES string of the molecule is CC(=O)O.c1ccc(C(OC2CCNCC2)c2ccccc2)cc1. The molecular formula is C20H25NO3. The van der Waals surface area contributed by atoms with Crippen molar-refractivity contribution in [1.82, 2.24) is 5.32 Å². The van der Waals surface area contributed by atoms with Gasteiger partial charge in [-0.15, -0.1) is 0 Å². The molecule has 2 aromatic rings. The normalized spacial score (nSPS) is 14.8. The van der Waals surface area contributed by atoms with Crippen molar-refractivity contribution >= 4 is 5.97 Å². The van der Waals surface area contributed by atoms with Gasteiger partial charge in [-0.3, -0.25) is 4.79 Å². The quantitative estimate of drug-likeness (QED) is 0.900. The maximum atomic E-state index is 9.00. The van der Waals surface area contributed by atoms with E-state index in [1.54, 1.807) is 0 Å². The number of nitrogens with one attached hydrogen (secondary N) is 1. The van der Waals surface area contributed by atoms with Crippen LogP contribution < -0.4 is 5.32 Å². The Morgan fingerprint density at radius 2 is 1.42 bits per heavy atom. The topological polar surface area (TPSA) is 58.6 Å². The fourth-order valence-electron chi connectivity index (χ4n) is 2.73. The third-order valence-corrected chi connectivity index (χ3v) is 3.82. The first-order valence-corrected chi connectivity index (χ1v) is 8.32. The second kappa shape index (κ2) is 9.85. The van der Waals surface area contributed by atoms with E-state index < -0.39 is 5.97 Å². The summed E-state index contributed by atoms with van der Waals surface area (Å²) in [6.07, 6.45) is 2.58. The Labute approximate surface area is 143 Å². The highest BCUT2D eigenvalue weighted by Gasteiger charge is 2.21. The number of hydrogen-bond donors (Lipinski definition) is 2. The van der Waals surface area contributed by atoms with Gasteiger partial charge in [0.05, 0.1) is 6.10 Å². The number of ether oxygens (including phenoxy) is 1. The lowest BCUT2D eigenvalue weighted by Gasteiger charge is -2.28. The molecule has 0 spiro atoms. The first-order valence-electron chi connectivity index (χ1n) is 8.32. The van der Waals surface area contributed by atoms with Crippen LogP contribution >= 0.6 is 0 Å². The van der Waals surface area contributed by atoms with Crippen LogP contribution in [0.25, 0.3) is 0 Å². The Morgan fingerprint density at radius 1 is 1.00 bits per heavy atom. The first kappa shape index (κ1) is 18.2. The highest BCUT2D eigenvalue weighted by Crippen LogP contribution is 2.28. The van der Waals surface area contributed by atoms with E-state index in [9.17, 15) is 0 Å². The molecular weight excluding hydrogens is 302 g/mol. The van der Waals surface area contributed by atoms with Gasteiger partial charge in [-0.2, -0.15) is 0 Å². The van der Waals surface area contributed by atoms with Crippen molar-refractivity contribution in [1.29, 1.82) is 0 Å². The molecule has 0 amide bonds. The van der Waals surface area contributed by atoms with Crippen LogP contribution in [0.2, 0.25) is 0 Å². The van der Waals surface area contributed by atoms with Crippen molar-refractivity contribution in [2.75, 3.05) is 13.1 Å². The highest BCUT2D eigenvalue weighted by atomic mass is 16.5. The van der Waals surface area contributed by atoms with Gasteiger partial charge in [0, 0.05) is 6.92 Å². The van der Waals surface area contributed by atoms with E-state index in [2.05, 4.69) is 66.0 Å². The molecule has 1 heterocycles. The van der Waals surface area contributed by atoms with Gasteiger partial charge < -0.3 is 15.2 Å². The Kier molecular flexibility index (Phi) is 7.46. The molecule has 4 nitrogen and oxygen atoms in total. The van der Waals surface area contributed by atoms with Crippen molar-refractivity contribution in [3.8, 4) is 0 Å².